The quantitative estimate of drug-likeness (QED) is 0.442. The molecule has 4 rings (SSSR count). The normalized spacial score (nSPS) is 48.6. The third-order valence-electron chi connectivity index (χ3n) is 5.63. The number of esters is 2. The maximum atomic E-state index is 13.3. The zero-order chi connectivity index (χ0) is 15.8. The fourth-order valence-corrected chi connectivity index (χ4v) is 8.81. The molecule has 0 aromatic carbocycles. The first kappa shape index (κ1) is 15.3. The number of ether oxygens (including phenoxy) is 1. The standard InChI is InChI=1S/C14H18ClO5P/c1-5-19-21(18)6-8-9(15)7(2)10(21)14(4)12(17)20-11(16)13(8,14)3/h8,10H,5-6H2,1-4H3. The highest BCUT2D eigenvalue weighted by molar-refractivity contribution is 7.60. The van der Waals surface area contributed by atoms with Gasteiger partial charge in [-0.3, -0.25) is 14.2 Å². The van der Waals surface area contributed by atoms with Gasteiger partial charge in [-0.25, -0.2) is 0 Å². The largest absolute Gasteiger partial charge is 0.392 e. The van der Waals surface area contributed by atoms with Crippen LogP contribution in [0, 0.1) is 16.7 Å². The molecule has 5 unspecified atom stereocenters. The molecule has 0 amide bonds. The molecule has 5 atom stereocenters. The van der Waals surface area contributed by atoms with Gasteiger partial charge in [-0.1, -0.05) is 11.6 Å². The Hall–Kier alpha value is -0.640. The molecule has 0 radical (unpaired) electrons. The zero-order valence-electron chi connectivity index (χ0n) is 12.4. The molecule has 2 fully saturated rings. The van der Waals surface area contributed by atoms with Gasteiger partial charge in [0, 0.05) is 17.1 Å². The van der Waals surface area contributed by atoms with Crippen LogP contribution in [0.2, 0.25) is 0 Å². The monoisotopic (exact) mass is 332 g/mol. The lowest BCUT2D eigenvalue weighted by Gasteiger charge is -2.56. The highest BCUT2D eigenvalue weighted by Crippen LogP contribution is 2.77. The lowest BCUT2D eigenvalue weighted by atomic mass is 9.54. The molecule has 116 valence electrons. The van der Waals surface area contributed by atoms with Gasteiger partial charge < -0.3 is 9.26 Å². The molecule has 0 N–H and O–H groups in total. The van der Waals surface area contributed by atoms with Crippen LogP contribution in [0.15, 0.2) is 10.6 Å². The summed E-state index contributed by atoms with van der Waals surface area (Å²) in [6.45, 7) is 7.19. The van der Waals surface area contributed by atoms with Crippen LogP contribution in [0.25, 0.3) is 0 Å². The molecule has 5 nitrogen and oxygen atoms in total. The van der Waals surface area contributed by atoms with Crippen molar-refractivity contribution in [3.05, 3.63) is 10.6 Å². The van der Waals surface area contributed by atoms with Crippen molar-refractivity contribution in [3.63, 3.8) is 0 Å². The van der Waals surface area contributed by atoms with Crippen LogP contribution in [0.1, 0.15) is 27.7 Å². The number of hydrogen-bond donors (Lipinski definition) is 0. The highest BCUT2D eigenvalue weighted by Gasteiger charge is 2.78. The van der Waals surface area contributed by atoms with E-state index in [-0.39, 0.29) is 6.16 Å². The number of hydrogen-bond acceptors (Lipinski definition) is 5. The molecule has 2 bridgehead atoms. The van der Waals surface area contributed by atoms with Crippen LogP contribution in [0.3, 0.4) is 0 Å². The first-order chi connectivity index (χ1) is 9.64. The average molecular weight is 333 g/mol. The van der Waals surface area contributed by atoms with E-state index in [2.05, 4.69) is 0 Å². The highest BCUT2D eigenvalue weighted by atomic mass is 35.5. The zero-order valence-corrected chi connectivity index (χ0v) is 14.1. The van der Waals surface area contributed by atoms with Crippen LogP contribution < -0.4 is 0 Å². The summed E-state index contributed by atoms with van der Waals surface area (Å²) < 4.78 is 23.8. The van der Waals surface area contributed by atoms with Gasteiger partial charge in [0.25, 0.3) is 0 Å². The van der Waals surface area contributed by atoms with Crippen molar-refractivity contribution in [2.75, 3.05) is 12.8 Å². The molecule has 7 heteroatoms. The Labute approximate surface area is 128 Å². The van der Waals surface area contributed by atoms with Crippen LogP contribution in [0.4, 0.5) is 0 Å². The molecule has 3 heterocycles. The van der Waals surface area contributed by atoms with Crippen molar-refractivity contribution < 1.29 is 23.4 Å². The minimum atomic E-state index is -3.10. The maximum Gasteiger partial charge on any atom is 0.321 e. The van der Waals surface area contributed by atoms with Gasteiger partial charge in [0.05, 0.1) is 23.1 Å². The van der Waals surface area contributed by atoms with Crippen molar-refractivity contribution in [2.45, 2.75) is 33.4 Å². The van der Waals surface area contributed by atoms with Crippen LogP contribution in [-0.2, 0) is 23.4 Å². The molecule has 4 aliphatic rings. The van der Waals surface area contributed by atoms with Gasteiger partial charge >= 0.3 is 11.9 Å². The summed E-state index contributed by atoms with van der Waals surface area (Å²) in [6.07, 6.45) is 0.191. The molecule has 0 spiro atoms. The minimum Gasteiger partial charge on any atom is -0.392 e. The van der Waals surface area contributed by atoms with E-state index in [1.54, 1.807) is 27.7 Å². The topological polar surface area (TPSA) is 69.7 Å². The number of carbonyl (C=O) groups excluding carboxylic acids is 2. The summed E-state index contributed by atoms with van der Waals surface area (Å²) in [4.78, 5) is 24.7. The van der Waals surface area contributed by atoms with Gasteiger partial charge in [0.15, 0.2) is 0 Å². The van der Waals surface area contributed by atoms with Crippen molar-refractivity contribution >= 4 is 30.9 Å². The second-order valence-corrected chi connectivity index (χ2v) is 9.39. The van der Waals surface area contributed by atoms with E-state index in [1.807, 2.05) is 0 Å². The van der Waals surface area contributed by atoms with Crippen molar-refractivity contribution in [3.8, 4) is 0 Å². The second-order valence-electron chi connectivity index (χ2n) is 6.39. The van der Waals surface area contributed by atoms with Gasteiger partial charge in [-0.2, -0.15) is 0 Å². The van der Waals surface area contributed by atoms with E-state index in [4.69, 9.17) is 20.9 Å². The number of allylic oxidation sites excluding steroid dienone is 2. The van der Waals surface area contributed by atoms with Crippen molar-refractivity contribution in [2.24, 2.45) is 16.7 Å². The molecular formula is C14H18ClO5P. The Morgan fingerprint density at radius 1 is 1.33 bits per heavy atom. The average Bonchev–Trinajstić information content (AvgIpc) is 2.57. The third kappa shape index (κ3) is 1.45. The molecule has 2 saturated heterocycles. The number of carbonyl (C=O) groups is 2. The van der Waals surface area contributed by atoms with E-state index in [0.717, 1.165) is 0 Å². The number of cyclic esters (lactones) is 2. The molecule has 3 aliphatic heterocycles. The minimum absolute atomic E-state index is 0.191. The van der Waals surface area contributed by atoms with Gasteiger partial charge in [0.2, 0.25) is 7.37 Å². The summed E-state index contributed by atoms with van der Waals surface area (Å²) >= 11 is 6.41. The smallest absolute Gasteiger partial charge is 0.321 e. The number of fused-ring (bicyclic) bond motifs is 1. The SMILES string of the molecule is CCOP1(=O)CC2C(Cl)=C(C)C1C1(C)C(=O)OC(=O)C21C. The molecule has 0 aromatic heterocycles. The molecule has 1 aliphatic carbocycles. The summed E-state index contributed by atoms with van der Waals surface area (Å²) in [5.41, 5.74) is -2.25. The fourth-order valence-electron chi connectivity index (χ4n) is 4.37. The first-order valence-corrected chi connectivity index (χ1v) is 9.26. The molecule has 0 aromatic rings. The Balaban J connectivity index is 2.31. The second kappa shape index (κ2) is 4.21. The fraction of sp³-hybridized carbons (Fsp3) is 0.714. The Kier molecular flexibility index (Phi) is 3.06. The van der Waals surface area contributed by atoms with E-state index >= 15 is 0 Å². The predicted octanol–water partition coefficient (Wildman–Crippen LogP) is 2.92. The van der Waals surface area contributed by atoms with E-state index in [9.17, 15) is 14.2 Å². The lowest BCUT2D eigenvalue weighted by Crippen LogP contribution is -2.61. The van der Waals surface area contributed by atoms with E-state index in [0.29, 0.717) is 17.2 Å². The maximum absolute atomic E-state index is 13.3. The van der Waals surface area contributed by atoms with Crippen LogP contribution in [-0.4, -0.2) is 30.4 Å². The Morgan fingerprint density at radius 2 is 1.90 bits per heavy atom. The van der Waals surface area contributed by atoms with E-state index < -0.39 is 41.7 Å². The van der Waals surface area contributed by atoms with Crippen LogP contribution in [0.5, 0.6) is 0 Å². The van der Waals surface area contributed by atoms with Gasteiger partial charge in [0.1, 0.15) is 0 Å². The number of rotatable bonds is 2. The van der Waals surface area contributed by atoms with Crippen LogP contribution >= 0.6 is 19.0 Å². The molecule has 21 heavy (non-hydrogen) atoms. The van der Waals surface area contributed by atoms with Crippen molar-refractivity contribution in [1.29, 1.82) is 0 Å². The molecular weight excluding hydrogens is 315 g/mol. The van der Waals surface area contributed by atoms with E-state index in [1.165, 1.54) is 0 Å². The Morgan fingerprint density at radius 3 is 2.48 bits per heavy atom. The summed E-state index contributed by atoms with van der Waals surface area (Å²) in [6, 6.07) is 0. The summed E-state index contributed by atoms with van der Waals surface area (Å²) in [5, 5.41) is 0.526. The number of halogens is 1. The van der Waals surface area contributed by atoms with Gasteiger partial charge in [-0.05, 0) is 33.3 Å². The van der Waals surface area contributed by atoms with Crippen molar-refractivity contribution in [1.82, 2.24) is 0 Å². The summed E-state index contributed by atoms with van der Waals surface area (Å²) in [7, 11) is -3.10. The van der Waals surface area contributed by atoms with Gasteiger partial charge in [-0.15, -0.1) is 0 Å². The summed E-state index contributed by atoms with van der Waals surface area (Å²) in [5.74, 6) is -1.68. The lowest BCUT2D eigenvalue weighted by molar-refractivity contribution is -0.155. The molecule has 0 saturated carbocycles. The first-order valence-electron chi connectivity index (χ1n) is 7.00. The predicted molar refractivity (Wildman–Crippen MR) is 77.2 cm³/mol. The third-order valence-corrected chi connectivity index (χ3v) is 9.45. The Bertz CT molecular complexity index is 641.